The van der Waals surface area contributed by atoms with Crippen molar-refractivity contribution in [3.63, 3.8) is 0 Å². The minimum Gasteiger partial charge on any atom is -0.492 e. The summed E-state index contributed by atoms with van der Waals surface area (Å²) in [4.78, 5) is 2.70. The van der Waals surface area contributed by atoms with Gasteiger partial charge < -0.3 is 4.74 Å². The molecule has 2 aliphatic rings. The summed E-state index contributed by atoms with van der Waals surface area (Å²) in [6.45, 7) is 4.31. The zero-order valence-electron chi connectivity index (χ0n) is 13.9. The van der Waals surface area contributed by atoms with E-state index >= 15 is 0 Å². The molecule has 1 unspecified atom stereocenters. The van der Waals surface area contributed by atoms with Crippen LogP contribution in [0.1, 0.15) is 31.7 Å². The van der Waals surface area contributed by atoms with Gasteiger partial charge >= 0.3 is 0 Å². The Labute approximate surface area is 139 Å². The molecule has 23 heavy (non-hydrogen) atoms. The quantitative estimate of drug-likeness (QED) is 0.804. The van der Waals surface area contributed by atoms with Gasteiger partial charge in [0.25, 0.3) is 0 Å². The van der Waals surface area contributed by atoms with Crippen LogP contribution in [0.15, 0.2) is 48.5 Å². The molecule has 1 heterocycles. The van der Waals surface area contributed by atoms with Gasteiger partial charge in [-0.15, -0.1) is 0 Å². The first-order chi connectivity index (χ1) is 11.4. The van der Waals surface area contributed by atoms with Crippen molar-refractivity contribution < 1.29 is 4.74 Å². The Morgan fingerprint density at radius 3 is 2.57 bits per heavy atom. The van der Waals surface area contributed by atoms with Gasteiger partial charge in [0.2, 0.25) is 0 Å². The predicted molar refractivity (Wildman–Crippen MR) is 94.9 cm³/mol. The number of rotatable bonds is 5. The summed E-state index contributed by atoms with van der Waals surface area (Å²) < 4.78 is 6.16. The summed E-state index contributed by atoms with van der Waals surface area (Å²) in [5.41, 5.74) is 4.01. The van der Waals surface area contributed by atoms with E-state index in [1.807, 2.05) is 0 Å². The van der Waals surface area contributed by atoms with E-state index in [1.165, 1.54) is 42.5 Å². The first-order valence-corrected chi connectivity index (χ1v) is 8.92. The number of nitrogens with zero attached hydrogens (tertiary/aromatic N) is 1. The van der Waals surface area contributed by atoms with Crippen LogP contribution in [0.5, 0.6) is 5.75 Å². The lowest BCUT2D eigenvalue weighted by Gasteiger charge is -2.36. The van der Waals surface area contributed by atoms with Crippen molar-refractivity contribution in [3.8, 4) is 16.9 Å². The van der Waals surface area contributed by atoms with Crippen LogP contribution in [0.2, 0.25) is 0 Å². The highest BCUT2D eigenvalue weighted by Gasteiger charge is 2.36. The van der Waals surface area contributed by atoms with Gasteiger partial charge in [0, 0.05) is 17.6 Å². The van der Waals surface area contributed by atoms with E-state index in [1.54, 1.807) is 0 Å². The fraction of sp³-hybridized carbons (Fsp3) is 0.429. The molecule has 120 valence electrons. The molecule has 1 atom stereocenters. The van der Waals surface area contributed by atoms with E-state index < -0.39 is 0 Å². The number of ether oxygens (including phenoxy) is 1. The topological polar surface area (TPSA) is 12.5 Å². The number of fused-ring (bicyclic) bond motifs is 1. The number of benzene rings is 2. The molecule has 1 saturated carbocycles. The molecule has 0 N–H and O–H groups in total. The van der Waals surface area contributed by atoms with Gasteiger partial charge in [0.05, 0.1) is 0 Å². The Morgan fingerprint density at radius 1 is 1.00 bits per heavy atom. The molecule has 1 fully saturated rings. The van der Waals surface area contributed by atoms with Gasteiger partial charge in [0.15, 0.2) is 0 Å². The van der Waals surface area contributed by atoms with Gasteiger partial charge in [-0.1, -0.05) is 49.4 Å². The van der Waals surface area contributed by atoms with E-state index in [-0.39, 0.29) is 0 Å². The fourth-order valence-electron chi connectivity index (χ4n) is 3.82. The molecule has 4 rings (SSSR count). The maximum absolute atomic E-state index is 6.16. The van der Waals surface area contributed by atoms with Gasteiger partial charge in [-0.3, -0.25) is 4.90 Å². The van der Waals surface area contributed by atoms with Crippen LogP contribution in [0.25, 0.3) is 11.1 Å². The maximum Gasteiger partial charge on any atom is 0.123 e. The summed E-state index contributed by atoms with van der Waals surface area (Å²) in [5, 5.41) is 0. The first kappa shape index (κ1) is 14.8. The lowest BCUT2D eigenvalue weighted by atomic mass is 9.92. The third kappa shape index (κ3) is 3.00. The Morgan fingerprint density at radius 2 is 1.83 bits per heavy atom. The highest BCUT2D eigenvalue weighted by atomic mass is 16.5. The summed E-state index contributed by atoms with van der Waals surface area (Å²) >= 11 is 0. The highest BCUT2D eigenvalue weighted by Crippen LogP contribution is 2.37. The van der Waals surface area contributed by atoms with Gasteiger partial charge in [-0.25, -0.2) is 0 Å². The fourth-order valence-corrected chi connectivity index (χ4v) is 3.82. The third-order valence-electron chi connectivity index (χ3n) is 5.06. The van der Waals surface area contributed by atoms with E-state index in [2.05, 4.69) is 60.4 Å². The minimum absolute atomic E-state index is 0.528. The van der Waals surface area contributed by atoms with E-state index in [0.29, 0.717) is 6.04 Å². The van der Waals surface area contributed by atoms with Crippen LogP contribution in [-0.4, -0.2) is 30.1 Å². The van der Waals surface area contributed by atoms with Crippen LogP contribution < -0.4 is 4.74 Å². The molecule has 0 radical (unpaired) electrons. The van der Waals surface area contributed by atoms with Crippen LogP contribution in [0.3, 0.4) is 0 Å². The largest absolute Gasteiger partial charge is 0.492 e. The molecule has 0 amide bonds. The Kier molecular flexibility index (Phi) is 4.09. The zero-order valence-corrected chi connectivity index (χ0v) is 13.9. The molecule has 0 aromatic heterocycles. The molecule has 0 spiro atoms. The van der Waals surface area contributed by atoms with Gasteiger partial charge in [-0.2, -0.15) is 0 Å². The third-order valence-corrected chi connectivity index (χ3v) is 5.06. The Balaban J connectivity index is 1.65. The maximum atomic E-state index is 6.16. The average Bonchev–Trinajstić information content (AvgIpc) is 3.44. The summed E-state index contributed by atoms with van der Waals surface area (Å²) in [6, 6.07) is 18.5. The second-order valence-electron chi connectivity index (χ2n) is 6.79. The number of hydrogen-bond acceptors (Lipinski definition) is 2. The molecule has 1 aliphatic carbocycles. The molecule has 2 aromatic carbocycles. The van der Waals surface area contributed by atoms with E-state index in [4.69, 9.17) is 4.74 Å². The van der Waals surface area contributed by atoms with Crippen molar-refractivity contribution >= 4 is 0 Å². The van der Waals surface area contributed by atoms with Crippen LogP contribution in [0.4, 0.5) is 0 Å². The normalized spacial score (nSPS) is 20.2. The SMILES string of the molecule is CCCN(C1CC1)C1COc2cccc(-c3ccccc3)c2C1. The average molecular weight is 307 g/mol. The standard InChI is InChI=1S/C21H25NO/c1-2-13-22(17-11-12-17)18-14-20-19(16-7-4-3-5-8-16)9-6-10-21(20)23-15-18/h3-10,17-18H,2,11-15H2,1H3. The molecule has 0 saturated heterocycles. The Hall–Kier alpha value is -1.80. The van der Waals surface area contributed by atoms with E-state index in [9.17, 15) is 0 Å². The number of hydrogen-bond donors (Lipinski definition) is 0. The smallest absolute Gasteiger partial charge is 0.123 e. The lowest BCUT2D eigenvalue weighted by molar-refractivity contribution is 0.112. The van der Waals surface area contributed by atoms with Crippen molar-refractivity contribution in [2.75, 3.05) is 13.2 Å². The summed E-state index contributed by atoms with van der Waals surface area (Å²) in [5.74, 6) is 1.08. The van der Waals surface area contributed by atoms with Crippen molar-refractivity contribution in [2.45, 2.75) is 44.7 Å². The molecular weight excluding hydrogens is 282 g/mol. The minimum atomic E-state index is 0.528. The molecule has 1 aliphatic heterocycles. The van der Waals surface area contributed by atoms with Crippen LogP contribution >= 0.6 is 0 Å². The van der Waals surface area contributed by atoms with Crippen molar-refractivity contribution in [1.29, 1.82) is 0 Å². The Bertz CT molecular complexity index is 663. The molecule has 2 nitrogen and oxygen atoms in total. The van der Waals surface area contributed by atoms with Crippen molar-refractivity contribution in [1.82, 2.24) is 4.90 Å². The van der Waals surface area contributed by atoms with Crippen molar-refractivity contribution in [3.05, 3.63) is 54.1 Å². The monoisotopic (exact) mass is 307 g/mol. The molecule has 2 heteroatoms. The molecule has 2 aromatic rings. The van der Waals surface area contributed by atoms with Crippen molar-refractivity contribution in [2.24, 2.45) is 0 Å². The predicted octanol–water partition coefficient (Wildman–Crippen LogP) is 4.53. The van der Waals surface area contributed by atoms with Crippen LogP contribution in [0, 0.1) is 0 Å². The van der Waals surface area contributed by atoms with Gasteiger partial charge in [-0.05, 0) is 49.4 Å². The second kappa shape index (κ2) is 6.37. The summed E-state index contributed by atoms with van der Waals surface area (Å²) in [6.07, 6.45) is 5.06. The lowest BCUT2D eigenvalue weighted by Crippen LogP contribution is -2.45. The zero-order chi connectivity index (χ0) is 15.6. The molecule has 0 bridgehead atoms. The van der Waals surface area contributed by atoms with Crippen LogP contribution in [-0.2, 0) is 6.42 Å². The molecular formula is C21H25NO. The highest BCUT2D eigenvalue weighted by molar-refractivity contribution is 5.70. The first-order valence-electron chi connectivity index (χ1n) is 8.92. The van der Waals surface area contributed by atoms with Gasteiger partial charge in [0.1, 0.15) is 12.4 Å². The van der Waals surface area contributed by atoms with E-state index in [0.717, 1.165) is 24.8 Å². The second-order valence-corrected chi connectivity index (χ2v) is 6.79. The summed E-state index contributed by atoms with van der Waals surface area (Å²) in [7, 11) is 0.